The van der Waals surface area contributed by atoms with E-state index in [1.54, 1.807) is 16.7 Å². The number of carbonyl (C=O) groups excluding carboxylic acids is 1. The monoisotopic (exact) mass is 374 g/mol. The predicted octanol–water partition coefficient (Wildman–Crippen LogP) is 4.45. The van der Waals surface area contributed by atoms with Crippen LogP contribution in [0.4, 0.5) is 18.9 Å². The van der Waals surface area contributed by atoms with E-state index in [4.69, 9.17) is 0 Å². The number of benzene rings is 1. The number of hydrogen-bond donors (Lipinski definition) is 1. The molecule has 3 heterocycles. The van der Waals surface area contributed by atoms with Crippen LogP contribution in [0.25, 0.3) is 16.9 Å². The molecule has 1 N–H and O–H groups in total. The van der Waals surface area contributed by atoms with Gasteiger partial charge in [-0.25, -0.2) is 9.97 Å². The number of hydrogen-bond acceptors (Lipinski definition) is 3. The third-order valence-corrected chi connectivity index (χ3v) is 4.85. The van der Waals surface area contributed by atoms with Gasteiger partial charge in [0.2, 0.25) is 5.91 Å². The first-order valence-corrected chi connectivity index (χ1v) is 8.67. The van der Waals surface area contributed by atoms with E-state index in [1.165, 1.54) is 6.07 Å². The van der Waals surface area contributed by atoms with Gasteiger partial charge in [-0.05, 0) is 42.3 Å². The fraction of sp³-hybridized carbons (Fsp3) is 0.316. The van der Waals surface area contributed by atoms with Crippen molar-refractivity contribution >= 4 is 22.8 Å². The SMILES string of the molecule is CCC(C)c1nc2ccc(C(F)(F)F)nc2n1-c1ccc2c(c1)CC(=O)N2. The summed E-state index contributed by atoms with van der Waals surface area (Å²) in [4.78, 5) is 20.0. The van der Waals surface area contributed by atoms with E-state index < -0.39 is 11.9 Å². The standard InChI is InChI=1S/C19H17F3N4O/c1-3-10(2)17-24-14-6-7-15(19(20,21)22)25-18(14)26(17)12-4-5-13-11(8-12)9-16(27)23-13/h4-8,10H,3,9H2,1-2H3,(H,23,27). The number of amides is 1. The van der Waals surface area contributed by atoms with Gasteiger partial charge in [0.15, 0.2) is 5.65 Å². The van der Waals surface area contributed by atoms with E-state index in [0.29, 0.717) is 17.0 Å². The minimum absolute atomic E-state index is 0.0292. The van der Waals surface area contributed by atoms with Crippen molar-refractivity contribution in [3.05, 3.63) is 47.4 Å². The molecule has 1 aliphatic heterocycles. The van der Waals surface area contributed by atoms with Crippen LogP contribution in [0.15, 0.2) is 30.3 Å². The van der Waals surface area contributed by atoms with Crippen LogP contribution in [0.3, 0.4) is 0 Å². The molecule has 2 aromatic heterocycles. The zero-order valence-corrected chi connectivity index (χ0v) is 14.8. The topological polar surface area (TPSA) is 59.8 Å². The van der Waals surface area contributed by atoms with Crippen molar-refractivity contribution in [2.45, 2.75) is 38.8 Å². The highest BCUT2D eigenvalue weighted by Crippen LogP contribution is 2.33. The molecule has 0 saturated carbocycles. The van der Waals surface area contributed by atoms with Gasteiger partial charge in [-0.1, -0.05) is 13.8 Å². The lowest BCUT2D eigenvalue weighted by Crippen LogP contribution is -2.10. The lowest BCUT2D eigenvalue weighted by atomic mass is 10.1. The van der Waals surface area contributed by atoms with Crippen LogP contribution >= 0.6 is 0 Å². The van der Waals surface area contributed by atoms with E-state index in [2.05, 4.69) is 15.3 Å². The normalized spacial score (nSPS) is 15.1. The van der Waals surface area contributed by atoms with E-state index in [-0.39, 0.29) is 23.9 Å². The van der Waals surface area contributed by atoms with Crippen molar-refractivity contribution in [3.8, 4) is 5.69 Å². The Balaban J connectivity index is 1.97. The maximum atomic E-state index is 13.2. The summed E-state index contributed by atoms with van der Waals surface area (Å²) < 4.78 is 41.2. The average Bonchev–Trinajstić information content (AvgIpc) is 3.18. The molecule has 0 aliphatic carbocycles. The van der Waals surface area contributed by atoms with Crippen molar-refractivity contribution in [1.82, 2.24) is 14.5 Å². The van der Waals surface area contributed by atoms with Gasteiger partial charge in [0.25, 0.3) is 0 Å². The Hall–Kier alpha value is -2.90. The molecule has 140 valence electrons. The van der Waals surface area contributed by atoms with Gasteiger partial charge in [0.05, 0.1) is 6.42 Å². The van der Waals surface area contributed by atoms with E-state index in [0.717, 1.165) is 23.7 Å². The molecule has 0 fully saturated rings. The van der Waals surface area contributed by atoms with E-state index >= 15 is 0 Å². The second-order valence-corrected chi connectivity index (χ2v) is 6.72. The summed E-state index contributed by atoms with van der Waals surface area (Å²) in [5, 5.41) is 2.76. The summed E-state index contributed by atoms with van der Waals surface area (Å²) in [6.45, 7) is 3.97. The summed E-state index contributed by atoms with van der Waals surface area (Å²) >= 11 is 0. The second-order valence-electron chi connectivity index (χ2n) is 6.72. The molecule has 1 unspecified atom stereocenters. The van der Waals surface area contributed by atoms with Crippen LogP contribution in [-0.4, -0.2) is 20.4 Å². The largest absolute Gasteiger partial charge is 0.433 e. The maximum absolute atomic E-state index is 13.2. The first-order chi connectivity index (χ1) is 12.8. The number of imidazole rings is 1. The van der Waals surface area contributed by atoms with Crippen molar-refractivity contribution in [3.63, 3.8) is 0 Å². The molecule has 8 heteroatoms. The number of aromatic nitrogens is 3. The lowest BCUT2D eigenvalue weighted by Gasteiger charge is -2.14. The highest BCUT2D eigenvalue weighted by atomic mass is 19.4. The van der Waals surface area contributed by atoms with Crippen molar-refractivity contribution in [1.29, 1.82) is 0 Å². The number of anilines is 1. The van der Waals surface area contributed by atoms with Gasteiger partial charge < -0.3 is 5.32 Å². The van der Waals surface area contributed by atoms with E-state index in [9.17, 15) is 18.0 Å². The molecule has 3 aromatic rings. The molecule has 1 aliphatic rings. The van der Waals surface area contributed by atoms with Crippen molar-refractivity contribution in [2.24, 2.45) is 0 Å². The summed E-state index contributed by atoms with van der Waals surface area (Å²) in [5.74, 6) is 0.579. The number of nitrogens with zero attached hydrogens (tertiary/aromatic N) is 3. The Labute approximate surface area is 153 Å². The third kappa shape index (κ3) is 2.94. The Morgan fingerprint density at radius 1 is 1.22 bits per heavy atom. The summed E-state index contributed by atoms with van der Waals surface area (Å²) in [6.07, 6.45) is -3.51. The van der Waals surface area contributed by atoms with Gasteiger partial charge in [0.1, 0.15) is 17.0 Å². The van der Waals surface area contributed by atoms with Crippen molar-refractivity contribution < 1.29 is 18.0 Å². The van der Waals surface area contributed by atoms with Crippen LogP contribution < -0.4 is 5.32 Å². The molecular weight excluding hydrogens is 357 g/mol. The Morgan fingerprint density at radius 3 is 2.70 bits per heavy atom. The Bertz CT molecular complexity index is 1060. The quantitative estimate of drug-likeness (QED) is 0.737. The fourth-order valence-corrected chi connectivity index (χ4v) is 3.26. The molecule has 1 amide bonds. The molecule has 0 spiro atoms. The van der Waals surface area contributed by atoms with Gasteiger partial charge in [0, 0.05) is 17.3 Å². The Morgan fingerprint density at radius 2 is 2.00 bits per heavy atom. The minimum Gasteiger partial charge on any atom is -0.326 e. The molecule has 0 radical (unpaired) electrons. The summed E-state index contributed by atoms with van der Waals surface area (Å²) in [5.41, 5.74) is 1.80. The number of pyridine rings is 1. The fourth-order valence-electron chi connectivity index (χ4n) is 3.26. The average molecular weight is 374 g/mol. The highest BCUT2D eigenvalue weighted by Gasteiger charge is 2.33. The number of carbonyl (C=O) groups is 1. The van der Waals surface area contributed by atoms with Crippen LogP contribution in [0.2, 0.25) is 0 Å². The first-order valence-electron chi connectivity index (χ1n) is 8.67. The van der Waals surface area contributed by atoms with Gasteiger partial charge in [-0.3, -0.25) is 9.36 Å². The van der Waals surface area contributed by atoms with Crippen molar-refractivity contribution in [2.75, 3.05) is 5.32 Å². The van der Waals surface area contributed by atoms with Gasteiger partial charge in [-0.15, -0.1) is 0 Å². The summed E-state index contributed by atoms with van der Waals surface area (Å²) in [6, 6.07) is 7.63. The molecule has 27 heavy (non-hydrogen) atoms. The molecule has 4 rings (SSSR count). The van der Waals surface area contributed by atoms with Gasteiger partial charge >= 0.3 is 6.18 Å². The van der Waals surface area contributed by atoms with Crippen LogP contribution in [0.5, 0.6) is 0 Å². The smallest absolute Gasteiger partial charge is 0.326 e. The van der Waals surface area contributed by atoms with Crippen LogP contribution in [-0.2, 0) is 17.4 Å². The number of alkyl halides is 3. The summed E-state index contributed by atoms with van der Waals surface area (Å²) in [7, 11) is 0. The first kappa shape index (κ1) is 17.5. The molecule has 0 saturated heterocycles. The third-order valence-electron chi connectivity index (χ3n) is 4.85. The van der Waals surface area contributed by atoms with E-state index in [1.807, 2.05) is 19.9 Å². The zero-order valence-electron chi connectivity index (χ0n) is 14.8. The predicted molar refractivity (Wildman–Crippen MR) is 94.9 cm³/mol. The number of fused-ring (bicyclic) bond motifs is 2. The number of nitrogens with one attached hydrogen (secondary N) is 1. The Kier molecular flexibility index (Phi) is 3.94. The minimum atomic E-state index is -4.53. The lowest BCUT2D eigenvalue weighted by molar-refractivity contribution is -0.141. The molecular formula is C19H17F3N4O. The molecule has 5 nitrogen and oxygen atoms in total. The van der Waals surface area contributed by atoms with Crippen LogP contribution in [0.1, 0.15) is 43.3 Å². The molecule has 1 aromatic carbocycles. The molecule has 0 bridgehead atoms. The molecule has 1 atom stereocenters. The number of halogens is 3. The van der Waals surface area contributed by atoms with Crippen LogP contribution in [0, 0.1) is 0 Å². The second kappa shape index (κ2) is 6.07. The van der Waals surface area contributed by atoms with Gasteiger partial charge in [-0.2, -0.15) is 13.2 Å². The zero-order chi connectivity index (χ0) is 19.3. The number of rotatable bonds is 3. The maximum Gasteiger partial charge on any atom is 0.433 e. The highest BCUT2D eigenvalue weighted by molar-refractivity contribution is 5.99.